The molecule has 2 rings (SSSR count). The molecule has 2 atom stereocenters. The third-order valence-electron chi connectivity index (χ3n) is 4.54. The molecule has 22 heavy (non-hydrogen) atoms. The van der Waals surface area contributed by atoms with E-state index < -0.39 is 0 Å². The van der Waals surface area contributed by atoms with Crippen molar-refractivity contribution in [2.45, 2.75) is 45.6 Å². The van der Waals surface area contributed by atoms with Crippen molar-refractivity contribution in [2.24, 2.45) is 5.92 Å². The Kier molecular flexibility index (Phi) is 6.10. The SMILES string of the molecule is Cc1ccccc1OCCN(C)C(=O)N[C@@H]1CCCC[C@H]1C. The van der Waals surface area contributed by atoms with Gasteiger partial charge < -0.3 is 15.0 Å². The Morgan fingerprint density at radius 2 is 2.05 bits per heavy atom. The van der Waals surface area contributed by atoms with Crippen LogP contribution in [0, 0.1) is 12.8 Å². The molecule has 0 unspecified atom stereocenters. The van der Waals surface area contributed by atoms with Crippen molar-refractivity contribution in [3.8, 4) is 5.75 Å². The van der Waals surface area contributed by atoms with Crippen LogP contribution >= 0.6 is 0 Å². The number of hydrogen-bond donors (Lipinski definition) is 1. The van der Waals surface area contributed by atoms with Gasteiger partial charge in [-0.15, -0.1) is 0 Å². The molecule has 1 aliphatic carbocycles. The normalized spacial score (nSPS) is 21.2. The molecule has 0 radical (unpaired) electrons. The Balaban J connectivity index is 1.73. The predicted octanol–water partition coefficient (Wildman–Crippen LogP) is 3.59. The highest BCUT2D eigenvalue weighted by atomic mass is 16.5. The van der Waals surface area contributed by atoms with E-state index in [0.717, 1.165) is 17.7 Å². The number of carbonyl (C=O) groups is 1. The second-order valence-corrected chi connectivity index (χ2v) is 6.35. The largest absolute Gasteiger partial charge is 0.491 e. The van der Waals surface area contributed by atoms with Crippen LogP contribution in [0.25, 0.3) is 0 Å². The number of carbonyl (C=O) groups excluding carboxylic acids is 1. The standard InChI is InChI=1S/C18H28N2O2/c1-14-8-4-6-10-16(14)19-18(21)20(3)12-13-22-17-11-7-5-9-15(17)2/h5,7,9,11,14,16H,4,6,8,10,12-13H2,1-3H3,(H,19,21)/t14-,16-/m1/s1. The molecule has 2 amide bonds. The Hall–Kier alpha value is -1.71. The number of urea groups is 1. The molecule has 0 aliphatic heterocycles. The smallest absolute Gasteiger partial charge is 0.317 e. The Bertz CT molecular complexity index is 490. The van der Waals surface area contributed by atoms with Crippen LogP contribution in [0.4, 0.5) is 4.79 Å². The topological polar surface area (TPSA) is 41.6 Å². The van der Waals surface area contributed by atoms with Gasteiger partial charge in [-0.2, -0.15) is 0 Å². The van der Waals surface area contributed by atoms with Gasteiger partial charge in [0.05, 0.1) is 6.54 Å². The van der Waals surface area contributed by atoms with Crippen molar-refractivity contribution >= 4 is 6.03 Å². The number of nitrogens with one attached hydrogen (secondary N) is 1. The van der Waals surface area contributed by atoms with Gasteiger partial charge in [-0.1, -0.05) is 38.0 Å². The maximum absolute atomic E-state index is 12.2. The van der Waals surface area contributed by atoms with Gasteiger partial charge in [-0.05, 0) is 37.3 Å². The summed E-state index contributed by atoms with van der Waals surface area (Å²) in [6, 6.07) is 8.26. The fourth-order valence-corrected chi connectivity index (χ4v) is 2.91. The van der Waals surface area contributed by atoms with Crippen molar-refractivity contribution in [1.82, 2.24) is 10.2 Å². The summed E-state index contributed by atoms with van der Waals surface area (Å²) in [4.78, 5) is 13.9. The van der Waals surface area contributed by atoms with Gasteiger partial charge in [-0.25, -0.2) is 4.79 Å². The Morgan fingerprint density at radius 1 is 1.32 bits per heavy atom. The van der Waals surface area contributed by atoms with Crippen LogP contribution in [0.15, 0.2) is 24.3 Å². The van der Waals surface area contributed by atoms with Gasteiger partial charge in [-0.3, -0.25) is 0 Å². The molecule has 0 spiro atoms. The zero-order chi connectivity index (χ0) is 15.9. The lowest BCUT2D eigenvalue weighted by Crippen LogP contribution is -2.47. The maximum atomic E-state index is 12.2. The highest BCUT2D eigenvalue weighted by molar-refractivity contribution is 5.74. The maximum Gasteiger partial charge on any atom is 0.317 e. The van der Waals surface area contributed by atoms with E-state index in [4.69, 9.17) is 4.74 Å². The number of ether oxygens (including phenoxy) is 1. The van der Waals surface area contributed by atoms with Crippen molar-refractivity contribution in [1.29, 1.82) is 0 Å². The first kappa shape index (κ1) is 16.7. The van der Waals surface area contributed by atoms with Crippen LogP contribution in [0.2, 0.25) is 0 Å². The number of aryl methyl sites for hydroxylation is 1. The molecule has 0 bridgehead atoms. The van der Waals surface area contributed by atoms with E-state index in [1.807, 2.05) is 38.2 Å². The molecule has 1 N–H and O–H groups in total. The minimum atomic E-state index is 0.00661. The molecule has 1 fully saturated rings. The molecule has 122 valence electrons. The van der Waals surface area contributed by atoms with Gasteiger partial charge in [0.25, 0.3) is 0 Å². The first-order chi connectivity index (χ1) is 10.6. The first-order valence-corrected chi connectivity index (χ1v) is 8.28. The van der Waals surface area contributed by atoms with E-state index in [0.29, 0.717) is 25.1 Å². The number of rotatable bonds is 5. The second-order valence-electron chi connectivity index (χ2n) is 6.35. The summed E-state index contributed by atoms with van der Waals surface area (Å²) >= 11 is 0. The number of nitrogens with zero attached hydrogens (tertiary/aromatic N) is 1. The number of para-hydroxylation sites is 1. The van der Waals surface area contributed by atoms with E-state index in [9.17, 15) is 4.79 Å². The molecular formula is C18H28N2O2. The summed E-state index contributed by atoms with van der Waals surface area (Å²) in [5.74, 6) is 1.46. The fourth-order valence-electron chi connectivity index (χ4n) is 2.91. The highest BCUT2D eigenvalue weighted by Gasteiger charge is 2.23. The third kappa shape index (κ3) is 4.65. The van der Waals surface area contributed by atoms with E-state index in [-0.39, 0.29) is 6.03 Å². The van der Waals surface area contributed by atoms with E-state index in [1.54, 1.807) is 4.90 Å². The van der Waals surface area contributed by atoms with Crippen LogP contribution in [-0.4, -0.2) is 37.2 Å². The van der Waals surface area contributed by atoms with Crippen molar-refractivity contribution in [2.75, 3.05) is 20.2 Å². The monoisotopic (exact) mass is 304 g/mol. The van der Waals surface area contributed by atoms with Crippen LogP contribution in [-0.2, 0) is 0 Å². The van der Waals surface area contributed by atoms with Gasteiger partial charge in [0.2, 0.25) is 0 Å². The molecule has 1 saturated carbocycles. The molecule has 4 nitrogen and oxygen atoms in total. The van der Waals surface area contributed by atoms with E-state index in [2.05, 4.69) is 12.2 Å². The number of amides is 2. The lowest BCUT2D eigenvalue weighted by molar-refractivity contribution is 0.181. The molecule has 0 saturated heterocycles. The summed E-state index contributed by atoms with van der Waals surface area (Å²) in [6.07, 6.45) is 4.81. The van der Waals surface area contributed by atoms with Crippen LogP contribution < -0.4 is 10.1 Å². The van der Waals surface area contributed by atoms with Crippen LogP contribution in [0.5, 0.6) is 5.75 Å². The molecule has 1 aliphatic rings. The zero-order valence-electron chi connectivity index (χ0n) is 14.0. The van der Waals surface area contributed by atoms with Gasteiger partial charge in [0.1, 0.15) is 12.4 Å². The van der Waals surface area contributed by atoms with Gasteiger partial charge in [0.15, 0.2) is 0 Å². The van der Waals surface area contributed by atoms with Crippen molar-refractivity contribution < 1.29 is 9.53 Å². The Labute approximate surface area is 133 Å². The summed E-state index contributed by atoms with van der Waals surface area (Å²) in [5, 5.41) is 3.16. The molecule has 1 aromatic rings. The lowest BCUT2D eigenvalue weighted by Gasteiger charge is -2.31. The van der Waals surface area contributed by atoms with E-state index in [1.165, 1.54) is 19.3 Å². The number of hydrogen-bond acceptors (Lipinski definition) is 2. The molecular weight excluding hydrogens is 276 g/mol. The van der Waals surface area contributed by atoms with Crippen LogP contribution in [0.3, 0.4) is 0 Å². The highest BCUT2D eigenvalue weighted by Crippen LogP contribution is 2.23. The average molecular weight is 304 g/mol. The Morgan fingerprint density at radius 3 is 2.77 bits per heavy atom. The molecule has 4 heteroatoms. The fraction of sp³-hybridized carbons (Fsp3) is 0.611. The van der Waals surface area contributed by atoms with Crippen LogP contribution in [0.1, 0.15) is 38.2 Å². The third-order valence-corrected chi connectivity index (χ3v) is 4.54. The van der Waals surface area contributed by atoms with Crippen molar-refractivity contribution in [3.05, 3.63) is 29.8 Å². The zero-order valence-corrected chi connectivity index (χ0v) is 14.0. The minimum Gasteiger partial charge on any atom is -0.491 e. The molecule has 0 heterocycles. The summed E-state index contributed by atoms with van der Waals surface area (Å²) in [6.45, 7) is 5.35. The summed E-state index contributed by atoms with van der Waals surface area (Å²) in [5.41, 5.74) is 1.12. The minimum absolute atomic E-state index is 0.00661. The van der Waals surface area contributed by atoms with Crippen molar-refractivity contribution in [3.63, 3.8) is 0 Å². The molecule has 0 aromatic heterocycles. The van der Waals surface area contributed by atoms with Gasteiger partial charge >= 0.3 is 6.03 Å². The second kappa shape index (κ2) is 8.06. The lowest BCUT2D eigenvalue weighted by atomic mass is 9.86. The first-order valence-electron chi connectivity index (χ1n) is 8.28. The predicted molar refractivity (Wildman–Crippen MR) is 89.3 cm³/mol. The summed E-state index contributed by atoms with van der Waals surface area (Å²) < 4.78 is 5.75. The average Bonchev–Trinajstić information content (AvgIpc) is 2.51. The number of benzene rings is 1. The quantitative estimate of drug-likeness (QED) is 0.903. The van der Waals surface area contributed by atoms with E-state index >= 15 is 0 Å². The number of likely N-dealkylation sites (N-methyl/N-ethyl adjacent to an activating group) is 1. The summed E-state index contributed by atoms with van der Waals surface area (Å²) in [7, 11) is 1.82. The van der Waals surface area contributed by atoms with Gasteiger partial charge in [0, 0.05) is 13.1 Å². The molecule has 1 aromatic carbocycles.